The van der Waals surface area contributed by atoms with Gasteiger partial charge in [0.1, 0.15) is 36.0 Å². The number of carbonyl (C=O) groups is 16. The van der Waals surface area contributed by atoms with Gasteiger partial charge >= 0.3 is 60.9 Å². The second kappa shape index (κ2) is 63.6. The van der Waals surface area contributed by atoms with E-state index in [9.17, 15) is 76.7 Å². The Balaban J connectivity index is 0.000000571. The zero-order chi connectivity index (χ0) is 101. The monoisotopic (exact) mass is 1870 g/mol. The third-order valence-corrected chi connectivity index (χ3v) is 20.2. The molecule has 0 bridgehead atoms. The number of rotatable bonds is 52. The van der Waals surface area contributed by atoms with Crippen molar-refractivity contribution >= 4 is 125 Å². The molecule has 134 heavy (non-hydrogen) atoms. The van der Waals surface area contributed by atoms with Gasteiger partial charge in [-0.15, -0.1) is 0 Å². The molecule has 0 aromatic heterocycles. The summed E-state index contributed by atoms with van der Waals surface area (Å²) >= 11 is 0. The Kier molecular flexibility index (Phi) is 55.3. The van der Waals surface area contributed by atoms with Gasteiger partial charge in [-0.25, -0.2) is 24.0 Å². The highest BCUT2D eigenvalue weighted by molar-refractivity contribution is 6.26. The molecule has 0 spiro atoms. The molecule has 3 aliphatic carbocycles. The first-order chi connectivity index (χ1) is 63.5. The highest BCUT2D eigenvalue weighted by atomic mass is 16.6. The van der Waals surface area contributed by atoms with Crippen molar-refractivity contribution in [2.24, 2.45) is 58.4 Å². The topological polar surface area (TPSA) is 702 Å². The van der Waals surface area contributed by atoms with Gasteiger partial charge in [0.05, 0.1) is 73.8 Å². The standard InChI is InChI=1S/C23H30N4O5.C20H27N5O4.C19H25N5O4.C15H26N4O4.C14H24N4O4/c1-14(2)32-23(31)21(9-8-18(29)13-26-24)27-22(30)16(10-15(3)28)11-17-12-25-20-7-5-4-6-19(17)20;1-12(2)29-20(28)18(8-7-14(26)11-24-22)25-19(27)16(21)9-13-10-23-17-6-4-3-5-15(13)17;1-2-28-19(27)17(8-7-13(25)11-23-21)24-18(26)15(20)9-12-10-22-16-6-4-3-5-14(12)16;1-9(2)7-12(16)14(21)19-13(15(22)23-10(3)4)6-5-11(20)8-18-17;1-4-22-14(21)12(6-5-10(19)8-17-16)18-13(20)11(15)7-9(2)3/h4-7,12-14,16,19-21,25H,8-11H2,1-3H3,(H,27,30);3-6,10-12,15-18,23H,7-9,21H2,1-2H3,(H,25,27);3-6,10-11,14-17,22H,2,7-9,20H2,1H3,(H,24,26);8-10,12-13H,5-7,16H2,1-4H3,(H,19,21);8-9,11-12H,4-7,15H2,1-3H3,(H,18,20)/t16-,19?,20?,21-;15?,16-,17?,18-;14?,15-,16?,17-;12-,13-;11-,12-/m00000/s1. The second-order valence-corrected chi connectivity index (χ2v) is 33.5. The van der Waals surface area contributed by atoms with Gasteiger partial charge in [0.25, 0.3) is 0 Å². The summed E-state index contributed by atoms with van der Waals surface area (Å²) in [6.07, 6.45) is 34.0. The SMILES string of the molecule is CC(=O)C[C@@H](CC1=CNC2C=CC=CC12)C(=O)N[C@@H](CCC(=O)C=[N+]=[N-])C(=O)OC(C)C.CC(C)C[C@H](N)C(=O)N[C@@H](CCC(=O)C=[N+]=[N-])C(=O)OC(C)C.CC(C)OC(=O)[C@H](CCC(=O)C=[N+]=[N-])NC(=O)[C@@H](N)CC1=CNC2C=CC=CC12.CCOC(=O)[C@H](CCC(=O)C=[N+]=[N-])NC(=O)[C@@H](N)CC(C)C.CCOC(=O)[C@H](CCC(=O)C=[N+]=[N-])NC(=O)[C@@H](N)CC1=CNC2C=CC=CC12. The average molecular weight is 1870 g/mol. The van der Waals surface area contributed by atoms with Gasteiger partial charge in [0.15, 0.2) is 0 Å². The van der Waals surface area contributed by atoms with Crippen LogP contribution >= 0.6 is 0 Å². The molecular weight excluding hydrogens is 1740 g/mol. The summed E-state index contributed by atoms with van der Waals surface area (Å²) in [4.78, 5) is 205. The van der Waals surface area contributed by atoms with E-state index in [1.807, 2.05) is 101 Å². The number of fused-ring (bicyclic) bond motifs is 3. The number of allylic oxidation sites excluding steroid dienone is 6. The molecule has 0 saturated carbocycles. The number of hydrogen-bond acceptors (Lipinski definition) is 28. The highest BCUT2D eigenvalue weighted by Crippen LogP contribution is 2.34. The molecule has 0 aromatic carbocycles. The number of esters is 5. The Morgan fingerprint density at radius 3 is 0.836 bits per heavy atom. The molecule has 3 heterocycles. The molecular formula is C91H132N22O21. The third kappa shape index (κ3) is 46.1. The zero-order valence-corrected chi connectivity index (χ0v) is 78.3. The second-order valence-electron chi connectivity index (χ2n) is 33.5. The van der Waals surface area contributed by atoms with E-state index in [2.05, 4.69) is 84.7 Å². The van der Waals surface area contributed by atoms with Crippen LogP contribution in [0.4, 0.5) is 0 Å². The molecule has 6 aliphatic rings. The minimum absolute atomic E-state index is 0.0113. The fourth-order valence-electron chi connectivity index (χ4n) is 13.8. The van der Waals surface area contributed by atoms with Crippen LogP contribution in [0.3, 0.4) is 0 Å². The maximum atomic E-state index is 13.1. The van der Waals surface area contributed by atoms with E-state index < -0.39 is 155 Å². The van der Waals surface area contributed by atoms with E-state index in [1.165, 1.54) is 6.92 Å². The van der Waals surface area contributed by atoms with Crippen molar-refractivity contribution < 1.29 is 124 Å². The van der Waals surface area contributed by atoms with Crippen molar-refractivity contribution in [3.8, 4) is 0 Å². The lowest BCUT2D eigenvalue weighted by molar-refractivity contribution is -0.152. The van der Waals surface area contributed by atoms with Gasteiger partial charge in [-0.3, -0.25) is 47.9 Å². The van der Waals surface area contributed by atoms with Crippen molar-refractivity contribution in [2.45, 2.75) is 284 Å². The van der Waals surface area contributed by atoms with Crippen LogP contribution in [0.25, 0.3) is 27.7 Å². The molecule has 0 aromatic rings. The summed E-state index contributed by atoms with van der Waals surface area (Å²) in [5.74, 6) is -7.84. The first kappa shape index (κ1) is 117. The predicted molar refractivity (Wildman–Crippen MR) is 490 cm³/mol. The molecule has 3 aliphatic heterocycles. The number of nitrogens with one attached hydrogen (secondary N) is 8. The van der Waals surface area contributed by atoms with Crippen LogP contribution in [-0.2, 0) is 100 Å². The molecule has 0 saturated heterocycles. The number of nitrogens with zero attached hydrogens (tertiary/aromatic N) is 10. The van der Waals surface area contributed by atoms with E-state index in [0.717, 1.165) is 47.8 Å². The Morgan fingerprint density at radius 1 is 0.358 bits per heavy atom. The Labute approximate surface area is 779 Å². The number of carbonyl (C=O) groups excluding carboxylic acids is 16. The number of nitrogens with two attached hydrogens (primary N) is 4. The van der Waals surface area contributed by atoms with Gasteiger partial charge in [-0.2, -0.15) is 23.9 Å². The molecule has 732 valence electrons. The Hall–Kier alpha value is -13.5. The molecule has 5 amide bonds. The molecule has 43 heteroatoms. The van der Waals surface area contributed by atoms with E-state index in [-0.39, 0.29) is 150 Å². The zero-order valence-electron chi connectivity index (χ0n) is 78.3. The minimum Gasteiger partial charge on any atom is -0.464 e. The molecule has 43 nitrogen and oxygen atoms in total. The minimum atomic E-state index is -1.06. The lowest BCUT2D eigenvalue weighted by atomic mass is 9.84. The van der Waals surface area contributed by atoms with Gasteiger partial charge < -0.3 is 122 Å². The van der Waals surface area contributed by atoms with E-state index in [1.54, 1.807) is 55.4 Å². The highest BCUT2D eigenvalue weighted by Gasteiger charge is 2.38. The van der Waals surface area contributed by atoms with Crippen LogP contribution in [0.1, 0.15) is 193 Å². The third-order valence-electron chi connectivity index (χ3n) is 20.2. The van der Waals surface area contributed by atoms with Crippen LogP contribution in [0.5, 0.6) is 0 Å². The summed E-state index contributed by atoms with van der Waals surface area (Å²) in [7, 11) is 0. The summed E-state index contributed by atoms with van der Waals surface area (Å²) in [6.45, 7) is 22.9. The summed E-state index contributed by atoms with van der Waals surface area (Å²) in [5.41, 5.74) is 68.6. The Bertz CT molecular complexity index is 4630. The fraction of sp³-hybridized carbons (Fsp3) is 0.571. The number of Topliss-reactive ketones (excluding diaryl/α,β-unsaturated/α-hetero) is 6. The fourth-order valence-corrected chi connectivity index (χ4v) is 13.8. The Morgan fingerprint density at radius 2 is 0.597 bits per heavy atom. The van der Waals surface area contributed by atoms with Crippen LogP contribution in [0.15, 0.2) is 108 Å². The average Bonchev–Trinajstić information content (AvgIpc) is 1.68. The van der Waals surface area contributed by atoms with Crippen LogP contribution in [0.2, 0.25) is 0 Å². The smallest absolute Gasteiger partial charge is 0.328 e. The first-order valence-electron chi connectivity index (χ1n) is 44.4. The quantitative estimate of drug-likeness (QED) is 0.0137. The van der Waals surface area contributed by atoms with Gasteiger partial charge in [-0.05, 0) is 174 Å². The van der Waals surface area contributed by atoms with Crippen molar-refractivity contribution in [3.63, 3.8) is 0 Å². The van der Waals surface area contributed by atoms with Gasteiger partial charge in [-0.1, -0.05) is 101 Å². The van der Waals surface area contributed by atoms with Crippen LogP contribution in [0, 0.1) is 35.5 Å². The van der Waals surface area contributed by atoms with Crippen molar-refractivity contribution in [3.05, 3.63) is 136 Å². The van der Waals surface area contributed by atoms with Gasteiger partial charge in [0.2, 0.25) is 58.5 Å². The van der Waals surface area contributed by atoms with E-state index >= 15 is 0 Å². The molecule has 6 unspecified atom stereocenters. The maximum Gasteiger partial charge on any atom is 0.328 e. The summed E-state index contributed by atoms with van der Waals surface area (Å²) in [5, 5.41) is 22.6. The summed E-state index contributed by atoms with van der Waals surface area (Å²) < 4.78 is 25.3. The maximum absolute atomic E-state index is 13.1. The van der Waals surface area contributed by atoms with E-state index in [4.69, 9.17) is 74.3 Å². The molecule has 16 N–H and O–H groups in total. The first-order valence-corrected chi connectivity index (χ1v) is 44.4. The lowest BCUT2D eigenvalue weighted by Gasteiger charge is -2.24. The van der Waals surface area contributed by atoms with Crippen molar-refractivity contribution in [2.75, 3.05) is 13.2 Å². The van der Waals surface area contributed by atoms with Crippen molar-refractivity contribution in [1.29, 1.82) is 0 Å². The molecule has 0 radical (unpaired) electrons. The predicted octanol–water partition coefficient (Wildman–Crippen LogP) is 2.55. The number of ketones is 6. The molecule has 6 rings (SSSR count). The van der Waals surface area contributed by atoms with Crippen LogP contribution < -0.4 is 65.5 Å². The van der Waals surface area contributed by atoms with E-state index in [0.29, 0.717) is 32.1 Å². The number of amides is 5. The van der Waals surface area contributed by atoms with Crippen LogP contribution in [-0.4, -0.2) is 253 Å². The summed E-state index contributed by atoms with van der Waals surface area (Å²) in [6, 6.07) is -7.72. The van der Waals surface area contributed by atoms with Crippen molar-refractivity contribution in [1.82, 2.24) is 42.5 Å². The number of hydrogen-bond donors (Lipinski definition) is 12. The lowest BCUT2D eigenvalue weighted by Crippen LogP contribution is -2.49. The normalized spacial score (nSPS) is 18.3. The largest absolute Gasteiger partial charge is 0.464 e. The molecule has 16 atom stereocenters. The molecule has 0 fully saturated rings. The number of ether oxygens (including phenoxy) is 5. The van der Waals surface area contributed by atoms with Gasteiger partial charge in [0, 0.05) is 62.2 Å².